The Balaban J connectivity index is 2.26. The first-order chi connectivity index (χ1) is 9.93. The Morgan fingerprint density at radius 2 is 2.24 bits per heavy atom. The molecule has 2 atom stereocenters. The van der Waals surface area contributed by atoms with Gasteiger partial charge in [-0.2, -0.15) is 0 Å². The minimum absolute atomic E-state index is 0.319. The van der Waals surface area contributed by atoms with E-state index in [2.05, 4.69) is 58.2 Å². The summed E-state index contributed by atoms with van der Waals surface area (Å²) in [4.78, 5) is 2.33. The number of piperidine rings is 1. The van der Waals surface area contributed by atoms with Gasteiger partial charge < -0.3 is 15.3 Å². The summed E-state index contributed by atoms with van der Waals surface area (Å²) in [5, 5.41) is 13.9. The van der Waals surface area contributed by atoms with Crippen LogP contribution in [0.2, 0.25) is 0 Å². The average molecular weight is 355 g/mol. The van der Waals surface area contributed by atoms with E-state index in [4.69, 9.17) is 0 Å². The van der Waals surface area contributed by atoms with Gasteiger partial charge in [0.2, 0.25) is 0 Å². The van der Waals surface area contributed by atoms with Crippen molar-refractivity contribution in [1.82, 2.24) is 5.32 Å². The van der Waals surface area contributed by atoms with Crippen molar-refractivity contribution in [2.45, 2.75) is 51.7 Å². The topological polar surface area (TPSA) is 35.5 Å². The summed E-state index contributed by atoms with van der Waals surface area (Å²) in [7, 11) is 0. The van der Waals surface area contributed by atoms with Gasteiger partial charge >= 0.3 is 0 Å². The van der Waals surface area contributed by atoms with Crippen LogP contribution >= 0.6 is 15.9 Å². The normalized spacial score (nSPS) is 24.1. The van der Waals surface area contributed by atoms with Crippen molar-refractivity contribution in [2.75, 3.05) is 24.5 Å². The van der Waals surface area contributed by atoms with Crippen molar-refractivity contribution in [3.8, 4) is 0 Å². The van der Waals surface area contributed by atoms with Crippen LogP contribution in [-0.4, -0.2) is 30.3 Å². The average Bonchev–Trinajstić information content (AvgIpc) is 2.43. The molecule has 4 heteroatoms. The highest BCUT2D eigenvalue weighted by atomic mass is 79.9. The van der Waals surface area contributed by atoms with Crippen LogP contribution in [0.5, 0.6) is 0 Å². The maximum atomic E-state index is 10.4. The number of halogens is 1. The van der Waals surface area contributed by atoms with E-state index in [1.54, 1.807) is 0 Å². The number of hydrogen-bond donors (Lipinski definition) is 2. The fourth-order valence-electron chi connectivity index (χ4n) is 3.05. The molecule has 118 valence electrons. The fourth-order valence-corrected chi connectivity index (χ4v) is 3.40. The van der Waals surface area contributed by atoms with Crippen LogP contribution in [0.1, 0.15) is 51.6 Å². The molecule has 0 aromatic heterocycles. The third kappa shape index (κ3) is 4.44. The molecule has 1 heterocycles. The van der Waals surface area contributed by atoms with Crippen molar-refractivity contribution in [2.24, 2.45) is 0 Å². The molecule has 0 aliphatic carbocycles. The molecule has 1 aliphatic heterocycles. The van der Waals surface area contributed by atoms with Crippen LogP contribution in [0, 0.1) is 0 Å². The first kappa shape index (κ1) is 16.8. The van der Waals surface area contributed by atoms with Gasteiger partial charge in [-0.3, -0.25) is 0 Å². The zero-order valence-corrected chi connectivity index (χ0v) is 14.9. The van der Waals surface area contributed by atoms with Crippen LogP contribution in [0.25, 0.3) is 0 Å². The molecule has 1 saturated heterocycles. The number of nitrogens with one attached hydrogen (secondary N) is 1. The second-order valence-electron chi connectivity index (χ2n) is 6.40. The summed E-state index contributed by atoms with van der Waals surface area (Å²) in [5.41, 5.74) is 1.96. The summed E-state index contributed by atoms with van der Waals surface area (Å²) in [6.45, 7) is 9.08. The highest BCUT2D eigenvalue weighted by molar-refractivity contribution is 9.10. The van der Waals surface area contributed by atoms with E-state index in [1.807, 2.05) is 6.92 Å². The lowest BCUT2D eigenvalue weighted by atomic mass is 9.93. The van der Waals surface area contributed by atoms with E-state index >= 15 is 0 Å². The lowest BCUT2D eigenvalue weighted by Crippen LogP contribution is -2.46. The smallest absolute Gasteiger partial charge is 0.0794 e. The lowest BCUT2D eigenvalue weighted by molar-refractivity contribution is 0.0448. The van der Waals surface area contributed by atoms with Crippen molar-refractivity contribution in [1.29, 1.82) is 0 Å². The van der Waals surface area contributed by atoms with Gasteiger partial charge in [-0.05, 0) is 57.4 Å². The van der Waals surface area contributed by atoms with Crippen LogP contribution in [0.3, 0.4) is 0 Å². The summed E-state index contributed by atoms with van der Waals surface area (Å²) in [6.07, 6.45) is 3.06. The van der Waals surface area contributed by atoms with Gasteiger partial charge in [-0.25, -0.2) is 0 Å². The van der Waals surface area contributed by atoms with E-state index in [0.29, 0.717) is 12.6 Å². The van der Waals surface area contributed by atoms with Crippen molar-refractivity contribution < 1.29 is 5.11 Å². The monoisotopic (exact) mass is 354 g/mol. The Kier molecular flexibility index (Phi) is 5.69. The summed E-state index contributed by atoms with van der Waals surface area (Å²) >= 11 is 3.58. The maximum Gasteiger partial charge on any atom is 0.0794 e. The van der Waals surface area contributed by atoms with E-state index in [0.717, 1.165) is 36.8 Å². The molecule has 3 nitrogen and oxygen atoms in total. The zero-order valence-electron chi connectivity index (χ0n) is 13.3. The SMILES string of the molecule is CCCNC(C)c1ccc(Br)cc1N1CCCC(C)(O)C1. The predicted octanol–water partition coefficient (Wildman–Crippen LogP) is 3.86. The molecular weight excluding hydrogens is 328 g/mol. The van der Waals surface area contributed by atoms with Crippen LogP contribution in [0.15, 0.2) is 22.7 Å². The van der Waals surface area contributed by atoms with Gasteiger partial charge in [0, 0.05) is 29.3 Å². The Hall–Kier alpha value is -0.580. The molecule has 2 unspecified atom stereocenters. The van der Waals surface area contributed by atoms with Crippen molar-refractivity contribution >= 4 is 21.6 Å². The van der Waals surface area contributed by atoms with E-state index in [-0.39, 0.29) is 0 Å². The number of β-amino-alcohol motifs (C(OH)–C–C–N with tert-alkyl or cyclic N) is 1. The molecule has 0 saturated carbocycles. The number of aliphatic hydroxyl groups is 1. The fraction of sp³-hybridized carbons (Fsp3) is 0.647. The van der Waals surface area contributed by atoms with E-state index < -0.39 is 5.60 Å². The van der Waals surface area contributed by atoms with E-state index in [1.165, 1.54) is 11.3 Å². The standard InChI is InChI=1S/C17H27BrN2O/c1-4-9-19-13(2)15-7-6-14(18)11-16(15)20-10-5-8-17(3,21)12-20/h6-7,11,13,19,21H,4-5,8-10,12H2,1-3H3. The summed E-state index contributed by atoms with van der Waals surface area (Å²) in [6, 6.07) is 6.79. The minimum atomic E-state index is -0.585. The molecule has 0 amide bonds. The molecule has 1 aliphatic rings. The molecule has 2 N–H and O–H groups in total. The first-order valence-electron chi connectivity index (χ1n) is 7.93. The molecule has 1 aromatic carbocycles. The van der Waals surface area contributed by atoms with Gasteiger partial charge in [0.1, 0.15) is 0 Å². The molecule has 0 spiro atoms. The Bertz CT molecular complexity index is 476. The highest BCUT2D eigenvalue weighted by Crippen LogP contribution is 2.33. The molecule has 2 rings (SSSR count). The zero-order chi connectivity index (χ0) is 15.5. The first-order valence-corrected chi connectivity index (χ1v) is 8.72. The number of rotatable bonds is 5. The lowest BCUT2D eigenvalue weighted by Gasteiger charge is -2.39. The number of anilines is 1. The third-order valence-corrected chi connectivity index (χ3v) is 4.67. The number of nitrogens with zero attached hydrogens (tertiary/aromatic N) is 1. The van der Waals surface area contributed by atoms with Crippen LogP contribution in [0.4, 0.5) is 5.69 Å². The number of hydrogen-bond acceptors (Lipinski definition) is 3. The quantitative estimate of drug-likeness (QED) is 0.842. The van der Waals surface area contributed by atoms with Gasteiger partial charge in [0.05, 0.1) is 5.60 Å². The minimum Gasteiger partial charge on any atom is -0.388 e. The van der Waals surface area contributed by atoms with Crippen molar-refractivity contribution in [3.05, 3.63) is 28.2 Å². The largest absolute Gasteiger partial charge is 0.388 e. The Morgan fingerprint density at radius 1 is 1.48 bits per heavy atom. The second-order valence-corrected chi connectivity index (χ2v) is 7.32. The van der Waals surface area contributed by atoms with Crippen LogP contribution < -0.4 is 10.2 Å². The molecule has 1 aromatic rings. The highest BCUT2D eigenvalue weighted by Gasteiger charge is 2.30. The van der Waals surface area contributed by atoms with Gasteiger partial charge in [-0.1, -0.05) is 28.9 Å². The second kappa shape index (κ2) is 7.12. The molecule has 21 heavy (non-hydrogen) atoms. The summed E-state index contributed by atoms with van der Waals surface area (Å²) < 4.78 is 1.09. The Labute approximate surface area is 136 Å². The van der Waals surface area contributed by atoms with Gasteiger partial charge in [-0.15, -0.1) is 0 Å². The van der Waals surface area contributed by atoms with Gasteiger partial charge in [0.25, 0.3) is 0 Å². The van der Waals surface area contributed by atoms with Gasteiger partial charge in [0.15, 0.2) is 0 Å². The predicted molar refractivity (Wildman–Crippen MR) is 92.9 cm³/mol. The summed E-state index contributed by atoms with van der Waals surface area (Å²) in [5.74, 6) is 0. The van der Waals surface area contributed by atoms with Crippen molar-refractivity contribution in [3.63, 3.8) is 0 Å². The number of benzene rings is 1. The molecular formula is C17H27BrN2O. The Morgan fingerprint density at radius 3 is 2.90 bits per heavy atom. The molecule has 0 radical (unpaired) electrons. The molecule has 0 bridgehead atoms. The molecule has 1 fully saturated rings. The van der Waals surface area contributed by atoms with Crippen LogP contribution in [-0.2, 0) is 0 Å². The third-order valence-electron chi connectivity index (χ3n) is 4.18. The van der Waals surface area contributed by atoms with E-state index in [9.17, 15) is 5.11 Å². The maximum absolute atomic E-state index is 10.4.